The van der Waals surface area contributed by atoms with Gasteiger partial charge in [-0.15, -0.1) is 5.73 Å². The molecule has 0 amide bonds. The molecule has 0 radical (unpaired) electrons. The van der Waals surface area contributed by atoms with Crippen LogP contribution in [0.1, 0.15) is 6.92 Å². The highest BCUT2D eigenvalue weighted by Crippen LogP contribution is 2.19. The van der Waals surface area contributed by atoms with Crippen LogP contribution in [0.4, 0.5) is 0 Å². The molecule has 0 aromatic carbocycles. The quantitative estimate of drug-likeness (QED) is 0.548. The van der Waals surface area contributed by atoms with Crippen molar-refractivity contribution in [2.75, 3.05) is 7.05 Å². The third-order valence-electron chi connectivity index (χ3n) is 2.33. The van der Waals surface area contributed by atoms with Gasteiger partial charge in [0.25, 0.3) is 0 Å². The first kappa shape index (κ1) is 8.15. The summed E-state index contributed by atoms with van der Waals surface area (Å²) < 4.78 is 0. The molecule has 1 nitrogen and oxygen atoms in total. The average Bonchev–Trinajstić information content (AvgIpc) is 2.56. The van der Waals surface area contributed by atoms with Crippen molar-refractivity contribution < 1.29 is 0 Å². The molecule has 0 saturated heterocycles. The summed E-state index contributed by atoms with van der Waals surface area (Å²) in [5.41, 5.74) is 5.76. The lowest BCUT2D eigenvalue weighted by molar-refractivity contribution is 0.420. The van der Waals surface area contributed by atoms with Gasteiger partial charge in [-0.2, -0.15) is 0 Å². The first-order valence-corrected chi connectivity index (χ1v) is 4.49. The third kappa shape index (κ3) is 1.51. The van der Waals surface area contributed by atoms with E-state index < -0.39 is 0 Å². The summed E-state index contributed by atoms with van der Waals surface area (Å²) >= 11 is 0. The summed E-state index contributed by atoms with van der Waals surface area (Å²) in [6.07, 6.45) is 12.6. The molecule has 1 heteroatoms. The first-order chi connectivity index (χ1) is 6.27. The van der Waals surface area contributed by atoms with Crippen molar-refractivity contribution in [2.24, 2.45) is 0 Å². The van der Waals surface area contributed by atoms with Crippen LogP contribution in [0.15, 0.2) is 53.5 Å². The molecule has 0 aromatic heterocycles. The summed E-state index contributed by atoms with van der Waals surface area (Å²) in [4.78, 5) is 2.21. The molecule has 13 heavy (non-hydrogen) atoms. The molecule has 0 aromatic rings. The summed E-state index contributed by atoms with van der Waals surface area (Å²) in [6, 6.07) is 0.360. The van der Waals surface area contributed by atoms with Gasteiger partial charge in [0.05, 0.1) is 6.04 Å². The first-order valence-electron chi connectivity index (χ1n) is 4.49. The predicted molar refractivity (Wildman–Crippen MR) is 55.2 cm³/mol. The fourth-order valence-corrected chi connectivity index (χ4v) is 1.67. The van der Waals surface area contributed by atoms with Gasteiger partial charge in [-0.3, -0.25) is 0 Å². The van der Waals surface area contributed by atoms with Crippen LogP contribution < -0.4 is 0 Å². The molecule has 66 valence electrons. The molecule has 1 unspecified atom stereocenters. The fraction of sp³-hybridized carbons (Fsp3) is 0.250. The van der Waals surface area contributed by atoms with Gasteiger partial charge in [-0.1, -0.05) is 18.2 Å². The minimum absolute atomic E-state index is 0.360. The lowest BCUT2D eigenvalue weighted by atomic mass is 10.0. The standard InChI is InChI=1S/C12H13N/c1-10-7-8-12(13(2)9-10)11-5-3-4-6-11/h3-5,7-9,12H,1-2H3. The predicted octanol–water partition coefficient (Wildman–Crippen LogP) is 2.41. The molecule has 0 saturated carbocycles. The van der Waals surface area contributed by atoms with Crippen LogP contribution in [-0.4, -0.2) is 18.0 Å². The SMILES string of the molecule is CC1=CN(C)C(C2=C=CC=C2)C=C1. The Morgan fingerprint density at radius 3 is 2.85 bits per heavy atom. The molecule has 2 aliphatic rings. The van der Waals surface area contributed by atoms with E-state index in [9.17, 15) is 0 Å². The fourth-order valence-electron chi connectivity index (χ4n) is 1.67. The van der Waals surface area contributed by atoms with Crippen LogP contribution >= 0.6 is 0 Å². The van der Waals surface area contributed by atoms with E-state index in [2.05, 4.69) is 49.0 Å². The van der Waals surface area contributed by atoms with E-state index in [1.54, 1.807) is 0 Å². The van der Waals surface area contributed by atoms with Crippen LogP contribution in [0.3, 0.4) is 0 Å². The Kier molecular flexibility index (Phi) is 1.96. The zero-order valence-electron chi connectivity index (χ0n) is 7.99. The van der Waals surface area contributed by atoms with Gasteiger partial charge in [-0.05, 0) is 24.6 Å². The van der Waals surface area contributed by atoms with Crippen molar-refractivity contribution in [1.82, 2.24) is 4.90 Å². The number of nitrogens with zero attached hydrogens (tertiary/aromatic N) is 1. The van der Waals surface area contributed by atoms with Gasteiger partial charge in [0, 0.05) is 18.8 Å². The second kappa shape index (κ2) is 3.12. The van der Waals surface area contributed by atoms with Crippen LogP contribution in [0.5, 0.6) is 0 Å². The van der Waals surface area contributed by atoms with Crippen molar-refractivity contribution in [2.45, 2.75) is 13.0 Å². The maximum absolute atomic E-state index is 3.23. The highest BCUT2D eigenvalue weighted by Gasteiger charge is 2.15. The van der Waals surface area contributed by atoms with Crippen molar-refractivity contribution >= 4 is 0 Å². The molecule has 1 aliphatic heterocycles. The van der Waals surface area contributed by atoms with Crippen LogP contribution in [0.2, 0.25) is 0 Å². The Balaban J connectivity index is 2.24. The zero-order chi connectivity index (χ0) is 9.26. The molecule has 0 N–H and O–H groups in total. The maximum atomic E-state index is 3.23. The number of hydrogen-bond acceptors (Lipinski definition) is 1. The Morgan fingerprint density at radius 2 is 2.23 bits per heavy atom. The van der Waals surface area contributed by atoms with Crippen LogP contribution in [0.25, 0.3) is 0 Å². The molecular weight excluding hydrogens is 158 g/mol. The van der Waals surface area contributed by atoms with E-state index in [1.165, 1.54) is 11.1 Å². The molecule has 1 aliphatic carbocycles. The summed E-state index contributed by atoms with van der Waals surface area (Å²) in [5, 5.41) is 0. The highest BCUT2D eigenvalue weighted by molar-refractivity contribution is 5.39. The van der Waals surface area contributed by atoms with E-state index in [-0.39, 0.29) is 0 Å². The van der Waals surface area contributed by atoms with Crippen LogP contribution in [-0.2, 0) is 0 Å². The molecule has 2 rings (SSSR count). The number of likely N-dealkylation sites (N-methyl/N-ethyl adjacent to an activating group) is 1. The number of hydrogen-bond donors (Lipinski definition) is 0. The van der Waals surface area contributed by atoms with Gasteiger partial charge >= 0.3 is 0 Å². The van der Waals surface area contributed by atoms with Crippen molar-refractivity contribution in [1.29, 1.82) is 0 Å². The normalized spacial score (nSPS) is 25.1. The maximum Gasteiger partial charge on any atom is 0.0793 e. The van der Waals surface area contributed by atoms with Crippen molar-refractivity contribution in [3.8, 4) is 0 Å². The monoisotopic (exact) mass is 171 g/mol. The summed E-state index contributed by atoms with van der Waals surface area (Å²) in [7, 11) is 2.10. The second-order valence-electron chi connectivity index (χ2n) is 3.47. The highest BCUT2D eigenvalue weighted by atomic mass is 15.1. The third-order valence-corrected chi connectivity index (χ3v) is 2.33. The lowest BCUT2D eigenvalue weighted by Crippen LogP contribution is -2.28. The number of allylic oxidation sites excluding steroid dienone is 3. The summed E-state index contributed by atoms with van der Waals surface area (Å²) in [6.45, 7) is 2.11. The molecule has 1 atom stereocenters. The number of rotatable bonds is 1. The van der Waals surface area contributed by atoms with Gasteiger partial charge in [0.15, 0.2) is 0 Å². The molecule has 0 fully saturated rings. The smallest absolute Gasteiger partial charge is 0.0793 e. The van der Waals surface area contributed by atoms with E-state index in [0.717, 1.165) is 0 Å². The van der Waals surface area contributed by atoms with Crippen LogP contribution in [0, 0.1) is 0 Å². The molecular formula is C12H13N. The van der Waals surface area contributed by atoms with E-state index in [0.29, 0.717) is 6.04 Å². The second-order valence-corrected chi connectivity index (χ2v) is 3.47. The Hall–Kier alpha value is -1.46. The Bertz CT molecular complexity index is 363. The molecule has 0 spiro atoms. The zero-order valence-corrected chi connectivity index (χ0v) is 7.99. The van der Waals surface area contributed by atoms with Crippen molar-refractivity contribution in [3.05, 3.63) is 53.5 Å². The summed E-state index contributed by atoms with van der Waals surface area (Å²) in [5.74, 6) is 0. The van der Waals surface area contributed by atoms with Gasteiger partial charge in [0.2, 0.25) is 0 Å². The van der Waals surface area contributed by atoms with E-state index in [4.69, 9.17) is 0 Å². The minimum atomic E-state index is 0.360. The molecule has 0 bridgehead atoms. The van der Waals surface area contributed by atoms with E-state index in [1.807, 2.05) is 12.2 Å². The average molecular weight is 171 g/mol. The topological polar surface area (TPSA) is 3.24 Å². The Labute approximate surface area is 79.1 Å². The lowest BCUT2D eigenvalue weighted by Gasteiger charge is -2.27. The molecule has 1 heterocycles. The van der Waals surface area contributed by atoms with E-state index >= 15 is 0 Å². The minimum Gasteiger partial charge on any atom is -0.369 e. The Morgan fingerprint density at radius 1 is 1.38 bits per heavy atom. The van der Waals surface area contributed by atoms with Gasteiger partial charge < -0.3 is 4.90 Å². The van der Waals surface area contributed by atoms with Gasteiger partial charge in [-0.25, -0.2) is 0 Å². The largest absolute Gasteiger partial charge is 0.369 e. The van der Waals surface area contributed by atoms with Crippen molar-refractivity contribution in [3.63, 3.8) is 0 Å². The van der Waals surface area contributed by atoms with Gasteiger partial charge in [0.1, 0.15) is 0 Å².